The van der Waals surface area contributed by atoms with E-state index in [9.17, 15) is 4.79 Å². The van der Waals surface area contributed by atoms with Crippen LogP contribution >= 0.6 is 0 Å². The van der Waals surface area contributed by atoms with Gasteiger partial charge in [0.1, 0.15) is 12.8 Å². The second-order valence-electron chi connectivity index (χ2n) is 6.86. The van der Waals surface area contributed by atoms with Gasteiger partial charge in [0.05, 0.1) is 6.61 Å². The van der Waals surface area contributed by atoms with Gasteiger partial charge in [-0.3, -0.25) is 4.90 Å². The molecule has 4 nitrogen and oxygen atoms in total. The Morgan fingerprint density at radius 2 is 1.72 bits per heavy atom. The lowest BCUT2D eigenvalue weighted by atomic mass is 9.88. The van der Waals surface area contributed by atoms with Crippen molar-refractivity contribution in [1.29, 1.82) is 0 Å². The maximum absolute atomic E-state index is 12.4. The minimum absolute atomic E-state index is 0.128. The monoisotopic (exact) mass is 337 g/mol. The first kappa shape index (κ1) is 16.2. The van der Waals surface area contributed by atoms with Crippen molar-refractivity contribution < 1.29 is 14.3 Å². The molecule has 4 rings (SSSR count). The van der Waals surface area contributed by atoms with Gasteiger partial charge >= 0.3 is 6.09 Å². The summed E-state index contributed by atoms with van der Waals surface area (Å²) in [7, 11) is 0. The number of carbonyl (C=O) groups excluding carboxylic acids is 1. The molecule has 0 bridgehead atoms. The lowest BCUT2D eigenvalue weighted by Gasteiger charge is -2.22. The lowest BCUT2D eigenvalue weighted by Crippen LogP contribution is -2.37. The Labute approximate surface area is 148 Å². The van der Waals surface area contributed by atoms with E-state index in [-0.39, 0.29) is 12.3 Å². The van der Waals surface area contributed by atoms with Gasteiger partial charge in [-0.25, -0.2) is 4.79 Å². The Morgan fingerprint density at radius 3 is 2.44 bits per heavy atom. The van der Waals surface area contributed by atoms with Gasteiger partial charge in [-0.05, 0) is 29.9 Å². The molecule has 2 fully saturated rings. The number of amides is 1. The summed E-state index contributed by atoms with van der Waals surface area (Å²) in [5.74, 6) is 0.879. The topological polar surface area (TPSA) is 38.8 Å². The third kappa shape index (κ3) is 3.54. The first-order chi connectivity index (χ1) is 12.3. The number of rotatable bonds is 4. The Bertz CT molecular complexity index is 704. The van der Waals surface area contributed by atoms with Gasteiger partial charge in [0.15, 0.2) is 0 Å². The van der Waals surface area contributed by atoms with Gasteiger partial charge in [-0.2, -0.15) is 0 Å². The molecule has 1 amide bonds. The molecular weight excluding hydrogens is 314 g/mol. The van der Waals surface area contributed by atoms with Crippen molar-refractivity contribution >= 4 is 6.09 Å². The van der Waals surface area contributed by atoms with Crippen molar-refractivity contribution in [2.45, 2.75) is 25.7 Å². The fourth-order valence-electron chi connectivity index (χ4n) is 3.94. The van der Waals surface area contributed by atoms with Gasteiger partial charge in [0.25, 0.3) is 0 Å². The van der Waals surface area contributed by atoms with Crippen molar-refractivity contribution in [2.75, 3.05) is 13.2 Å². The van der Waals surface area contributed by atoms with E-state index >= 15 is 0 Å². The van der Waals surface area contributed by atoms with E-state index in [0.717, 1.165) is 18.4 Å². The van der Waals surface area contributed by atoms with Gasteiger partial charge in [0.2, 0.25) is 0 Å². The molecule has 0 N–H and O–H groups in total. The molecular formula is C21H23NO3. The standard InChI is InChI=1S/C21H23NO3/c23-21(25-14-17-9-5-2-6-10-17)22-12-11-19-18(15-24-20(19)22)13-16-7-3-1-4-8-16/h1-10,18-20H,11-15H2/t18-,19-,20+/m1/s1. The number of benzene rings is 2. The Hall–Kier alpha value is -2.33. The second kappa shape index (κ2) is 7.28. The van der Waals surface area contributed by atoms with E-state index in [1.807, 2.05) is 36.4 Å². The van der Waals surface area contributed by atoms with E-state index < -0.39 is 0 Å². The fourth-order valence-corrected chi connectivity index (χ4v) is 3.94. The van der Waals surface area contributed by atoms with Crippen molar-refractivity contribution in [3.8, 4) is 0 Å². The van der Waals surface area contributed by atoms with Crippen LogP contribution in [0.4, 0.5) is 4.79 Å². The molecule has 0 aromatic heterocycles. The molecule has 0 unspecified atom stereocenters. The van der Waals surface area contributed by atoms with Crippen LogP contribution in [-0.2, 0) is 22.5 Å². The minimum atomic E-state index is -0.267. The molecule has 25 heavy (non-hydrogen) atoms. The molecule has 3 atom stereocenters. The maximum atomic E-state index is 12.4. The molecule has 0 saturated carbocycles. The number of fused-ring (bicyclic) bond motifs is 1. The summed E-state index contributed by atoms with van der Waals surface area (Å²) in [4.78, 5) is 14.2. The number of ether oxygens (including phenoxy) is 2. The average Bonchev–Trinajstić information content (AvgIpc) is 3.25. The van der Waals surface area contributed by atoms with Crippen LogP contribution in [0.5, 0.6) is 0 Å². The number of hydrogen-bond donors (Lipinski definition) is 0. The number of hydrogen-bond acceptors (Lipinski definition) is 3. The zero-order valence-corrected chi connectivity index (χ0v) is 14.2. The highest BCUT2D eigenvalue weighted by molar-refractivity contribution is 5.68. The van der Waals surface area contributed by atoms with Crippen LogP contribution in [0.25, 0.3) is 0 Å². The molecule has 2 saturated heterocycles. The molecule has 2 aromatic carbocycles. The summed E-state index contributed by atoms with van der Waals surface area (Å²) in [5, 5.41) is 0. The molecule has 130 valence electrons. The summed E-state index contributed by atoms with van der Waals surface area (Å²) in [6.07, 6.45) is 1.60. The van der Waals surface area contributed by atoms with Crippen LogP contribution in [0.3, 0.4) is 0 Å². The largest absolute Gasteiger partial charge is 0.444 e. The highest BCUT2D eigenvalue weighted by atomic mass is 16.6. The quantitative estimate of drug-likeness (QED) is 0.850. The Kier molecular flexibility index (Phi) is 4.70. The highest BCUT2D eigenvalue weighted by Gasteiger charge is 2.47. The predicted molar refractivity (Wildman–Crippen MR) is 94.8 cm³/mol. The van der Waals surface area contributed by atoms with Crippen LogP contribution in [0.2, 0.25) is 0 Å². The van der Waals surface area contributed by atoms with Crippen LogP contribution in [0.15, 0.2) is 60.7 Å². The van der Waals surface area contributed by atoms with Crippen LogP contribution in [0, 0.1) is 11.8 Å². The Balaban J connectivity index is 1.34. The van der Waals surface area contributed by atoms with Crippen LogP contribution < -0.4 is 0 Å². The summed E-state index contributed by atoms with van der Waals surface area (Å²) < 4.78 is 11.5. The molecule has 2 heterocycles. The molecule has 2 aliphatic heterocycles. The lowest BCUT2D eigenvalue weighted by molar-refractivity contribution is -0.0105. The van der Waals surface area contributed by atoms with Crippen molar-refractivity contribution in [2.24, 2.45) is 11.8 Å². The highest BCUT2D eigenvalue weighted by Crippen LogP contribution is 2.39. The van der Waals surface area contributed by atoms with Crippen LogP contribution in [-0.4, -0.2) is 30.4 Å². The van der Waals surface area contributed by atoms with E-state index in [1.165, 1.54) is 5.56 Å². The normalized spacial score (nSPS) is 25.0. The maximum Gasteiger partial charge on any atom is 0.412 e. The van der Waals surface area contributed by atoms with E-state index in [0.29, 0.717) is 31.6 Å². The summed E-state index contributed by atoms with van der Waals surface area (Å²) in [6, 6.07) is 20.3. The summed E-state index contributed by atoms with van der Waals surface area (Å²) in [6.45, 7) is 1.74. The first-order valence-electron chi connectivity index (χ1n) is 8.94. The van der Waals surface area contributed by atoms with Gasteiger partial charge in [-0.1, -0.05) is 60.7 Å². The van der Waals surface area contributed by atoms with Crippen molar-refractivity contribution in [3.63, 3.8) is 0 Å². The van der Waals surface area contributed by atoms with Crippen LogP contribution in [0.1, 0.15) is 17.5 Å². The molecule has 2 aromatic rings. The minimum Gasteiger partial charge on any atom is -0.444 e. The number of likely N-dealkylation sites (tertiary alicyclic amines) is 1. The summed E-state index contributed by atoms with van der Waals surface area (Å²) >= 11 is 0. The van der Waals surface area contributed by atoms with Crippen molar-refractivity contribution in [1.82, 2.24) is 4.90 Å². The van der Waals surface area contributed by atoms with E-state index in [1.54, 1.807) is 4.90 Å². The number of carbonyl (C=O) groups is 1. The second-order valence-corrected chi connectivity index (χ2v) is 6.86. The van der Waals surface area contributed by atoms with E-state index in [4.69, 9.17) is 9.47 Å². The third-order valence-corrected chi connectivity index (χ3v) is 5.24. The third-order valence-electron chi connectivity index (χ3n) is 5.24. The Morgan fingerprint density at radius 1 is 1.04 bits per heavy atom. The summed E-state index contributed by atoms with van der Waals surface area (Å²) in [5.41, 5.74) is 2.34. The first-order valence-corrected chi connectivity index (χ1v) is 8.94. The zero-order valence-electron chi connectivity index (χ0n) is 14.2. The van der Waals surface area contributed by atoms with Crippen molar-refractivity contribution in [3.05, 3.63) is 71.8 Å². The molecule has 2 aliphatic rings. The predicted octanol–water partition coefficient (Wildman–Crippen LogP) is 3.86. The smallest absolute Gasteiger partial charge is 0.412 e. The van der Waals surface area contributed by atoms with E-state index in [2.05, 4.69) is 24.3 Å². The molecule has 0 aliphatic carbocycles. The molecule has 4 heteroatoms. The SMILES string of the molecule is O=C(OCc1ccccc1)N1CC[C@@H]2[C@H](Cc3ccccc3)CO[C@@H]21. The van der Waals surface area contributed by atoms with Gasteiger partial charge in [0, 0.05) is 12.5 Å². The average molecular weight is 337 g/mol. The molecule has 0 radical (unpaired) electrons. The van der Waals surface area contributed by atoms with Gasteiger partial charge in [-0.15, -0.1) is 0 Å². The number of nitrogens with zero attached hydrogens (tertiary/aromatic N) is 1. The zero-order chi connectivity index (χ0) is 17.1. The molecule has 0 spiro atoms. The fraction of sp³-hybridized carbons (Fsp3) is 0.381. The van der Waals surface area contributed by atoms with Gasteiger partial charge < -0.3 is 9.47 Å².